The van der Waals surface area contributed by atoms with E-state index in [1.807, 2.05) is 6.92 Å². The van der Waals surface area contributed by atoms with E-state index in [1.165, 1.54) is 18.3 Å². The lowest BCUT2D eigenvalue weighted by Gasteiger charge is -2.09. The van der Waals surface area contributed by atoms with Crippen molar-refractivity contribution in [3.8, 4) is 17.2 Å². The molecule has 0 aliphatic heterocycles. The molecular weight excluding hydrogens is 476 g/mol. The van der Waals surface area contributed by atoms with Gasteiger partial charge in [0.1, 0.15) is 17.2 Å². The monoisotopic (exact) mass is 496 g/mol. The molecule has 0 saturated heterocycles. The van der Waals surface area contributed by atoms with E-state index in [1.54, 1.807) is 54.6 Å². The molecule has 8 heteroatoms. The first-order valence-corrected chi connectivity index (χ1v) is 10.6. The topological polar surface area (TPSA) is 97.2 Å². The van der Waals surface area contributed by atoms with Gasteiger partial charge in [0.15, 0.2) is 0 Å². The fourth-order valence-electron chi connectivity index (χ4n) is 2.67. The van der Waals surface area contributed by atoms with Gasteiger partial charge in [0.2, 0.25) is 0 Å². The minimum absolute atomic E-state index is 0.0944. The van der Waals surface area contributed by atoms with Crippen molar-refractivity contribution in [2.45, 2.75) is 13.3 Å². The third-order valence-corrected chi connectivity index (χ3v) is 4.75. The summed E-state index contributed by atoms with van der Waals surface area (Å²) in [5.74, 6) is -0.311. The van der Waals surface area contributed by atoms with Crippen molar-refractivity contribution in [2.75, 3.05) is 6.61 Å². The first-order chi connectivity index (χ1) is 15.5. The van der Waals surface area contributed by atoms with E-state index in [0.29, 0.717) is 23.5 Å². The van der Waals surface area contributed by atoms with Gasteiger partial charge in [-0.2, -0.15) is 5.10 Å². The largest absolute Gasteiger partial charge is 0.507 e. The Hall–Kier alpha value is -3.65. The second-order valence-electron chi connectivity index (χ2n) is 6.66. The van der Waals surface area contributed by atoms with Crippen LogP contribution in [0.1, 0.15) is 39.6 Å². The van der Waals surface area contributed by atoms with Gasteiger partial charge in [-0.3, -0.25) is 4.79 Å². The van der Waals surface area contributed by atoms with Crippen LogP contribution in [0.25, 0.3) is 0 Å². The molecule has 0 unspecified atom stereocenters. The molecule has 7 nitrogen and oxygen atoms in total. The summed E-state index contributed by atoms with van der Waals surface area (Å²) in [4.78, 5) is 24.7. The SMILES string of the molecule is CCCOc1ccc(C(=O)Oc2ccc(Br)cc2/C=N/NC(=O)c2ccccc2O)cc1. The normalized spacial score (nSPS) is 10.7. The fraction of sp³-hybridized carbons (Fsp3) is 0.125. The number of hydrazone groups is 1. The minimum atomic E-state index is -0.571. The number of halogens is 1. The summed E-state index contributed by atoms with van der Waals surface area (Å²) in [6, 6.07) is 17.9. The van der Waals surface area contributed by atoms with Crippen LogP contribution >= 0.6 is 15.9 Å². The Labute approximate surface area is 193 Å². The number of phenols is 1. The van der Waals surface area contributed by atoms with Crippen molar-refractivity contribution in [3.05, 3.63) is 87.9 Å². The Morgan fingerprint density at radius 1 is 1.09 bits per heavy atom. The number of nitrogens with one attached hydrogen (secondary N) is 1. The van der Waals surface area contributed by atoms with Gasteiger partial charge in [-0.15, -0.1) is 0 Å². The number of ether oxygens (including phenoxy) is 2. The van der Waals surface area contributed by atoms with Crippen LogP contribution in [0, 0.1) is 0 Å². The van der Waals surface area contributed by atoms with Gasteiger partial charge in [0, 0.05) is 10.0 Å². The van der Waals surface area contributed by atoms with Crippen molar-refractivity contribution in [3.63, 3.8) is 0 Å². The highest BCUT2D eigenvalue weighted by Gasteiger charge is 2.13. The number of nitrogens with zero attached hydrogens (tertiary/aromatic N) is 1. The number of esters is 1. The third kappa shape index (κ3) is 6.18. The smallest absolute Gasteiger partial charge is 0.343 e. The van der Waals surface area contributed by atoms with Crippen molar-refractivity contribution < 1.29 is 24.2 Å². The number of phenolic OH excluding ortho intramolecular Hbond substituents is 1. The van der Waals surface area contributed by atoms with Crippen LogP contribution in [0.4, 0.5) is 0 Å². The maximum Gasteiger partial charge on any atom is 0.343 e. The first-order valence-electron chi connectivity index (χ1n) is 9.84. The lowest BCUT2D eigenvalue weighted by atomic mass is 10.2. The number of carbonyl (C=O) groups is 2. The van der Waals surface area contributed by atoms with E-state index in [-0.39, 0.29) is 17.1 Å². The highest BCUT2D eigenvalue weighted by molar-refractivity contribution is 9.10. The van der Waals surface area contributed by atoms with Gasteiger partial charge in [-0.05, 0) is 61.0 Å². The number of hydrogen-bond acceptors (Lipinski definition) is 6. The number of para-hydroxylation sites is 1. The number of amides is 1. The van der Waals surface area contributed by atoms with Crippen molar-refractivity contribution in [1.29, 1.82) is 0 Å². The molecule has 3 aromatic carbocycles. The zero-order valence-electron chi connectivity index (χ0n) is 17.2. The van der Waals surface area contributed by atoms with Gasteiger partial charge >= 0.3 is 5.97 Å². The van der Waals surface area contributed by atoms with E-state index in [2.05, 4.69) is 26.5 Å². The maximum absolute atomic E-state index is 12.6. The highest BCUT2D eigenvalue weighted by Crippen LogP contribution is 2.23. The molecule has 0 spiro atoms. The molecule has 0 saturated carbocycles. The predicted molar refractivity (Wildman–Crippen MR) is 124 cm³/mol. The van der Waals surface area contributed by atoms with Crippen molar-refractivity contribution in [1.82, 2.24) is 5.43 Å². The molecule has 2 N–H and O–H groups in total. The van der Waals surface area contributed by atoms with Crippen LogP contribution in [-0.4, -0.2) is 29.8 Å². The van der Waals surface area contributed by atoms with E-state index < -0.39 is 11.9 Å². The van der Waals surface area contributed by atoms with E-state index in [9.17, 15) is 14.7 Å². The Kier molecular flexibility index (Phi) is 7.99. The maximum atomic E-state index is 12.6. The Bertz CT molecular complexity index is 1130. The van der Waals surface area contributed by atoms with Crippen LogP contribution < -0.4 is 14.9 Å². The van der Waals surface area contributed by atoms with Gasteiger partial charge in [0.05, 0.1) is 23.9 Å². The molecule has 0 radical (unpaired) electrons. The van der Waals surface area contributed by atoms with Crippen LogP contribution in [0.3, 0.4) is 0 Å². The van der Waals surface area contributed by atoms with Gasteiger partial charge in [-0.1, -0.05) is 35.0 Å². The Balaban J connectivity index is 1.70. The van der Waals surface area contributed by atoms with Crippen LogP contribution in [0.2, 0.25) is 0 Å². The zero-order chi connectivity index (χ0) is 22.9. The number of rotatable bonds is 8. The molecular formula is C24H21BrN2O5. The number of carbonyl (C=O) groups excluding carboxylic acids is 2. The molecule has 0 atom stereocenters. The summed E-state index contributed by atoms with van der Waals surface area (Å²) in [5, 5.41) is 13.7. The standard InChI is InChI=1S/C24H21BrN2O5/c1-2-13-31-19-10-7-16(8-11-19)24(30)32-22-12-9-18(25)14-17(22)15-26-27-23(29)20-5-3-4-6-21(20)28/h3-12,14-15,28H,2,13H2,1H3,(H,27,29)/b26-15+. The lowest BCUT2D eigenvalue weighted by molar-refractivity contribution is 0.0734. The van der Waals surface area contributed by atoms with Crippen LogP contribution in [0.15, 0.2) is 76.3 Å². The molecule has 0 bridgehead atoms. The molecule has 32 heavy (non-hydrogen) atoms. The van der Waals surface area contributed by atoms with Gasteiger partial charge in [0.25, 0.3) is 5.91 Å². The average molecular weight is 497 g/mol. The third-order valence-electron chi connectivity index (χ3n) is 4.26. The second kappa shape index (κ2) is 11.1. The van der Waals surface area contributed by atoms with Gasteiger partial charge < -0.3 is 14.6 Å². The van der Waals surface area contributed by atoms with E-state index >= 15 is 0 Å². The molecule has 164 valence electrons. The summed E-state index contributed by atoms with van der Waals surface area (Å²) >= 11 is 3.37. The molecule has 3 aromatic rings. The fourth-order valence-corrected chi connectivity index (χ4v) is 3.04. The molecule has 0 aliphatic rings. The lowest BCUT2D eigenvalue weighted by Crippen LogP contribution is -2.17. The second-order valence-corrected chi connectivity index (χ2v) is 7.58. The number of hydrogen-bond donors (Lipinski definition) is 2. The Morgan fingerprint density at radius 2 is 1.84 bits per heavy atom. The van der Waals surface area contributed by atoms with E-state index in [4.69, 9.17) is 9.47 Å². The molecule has 0 heterocycles. The summed E-state index contributed by atoms with van der Waals surface area (Å²) in [6.07, 6.45) is 2.25. The molecule has 0 aliphatic carbocycles. The summed E-state index contributed by atoms with van der Waals surface area (Å²) in [6.45, 7) is 2.62. The Morgan fingerprint density at radius 3 is 2.56 bits per heavy atom. The molecule has 0 aromatic heterocycles. The molecule has 1 amide bonds. The van der Waals surface area contributed by atoms with Crippen LogP contribution in [0.5, 0.6) is 17.2 Å². The molecule has 0 fully saturated rings. The van der Waals surface area contributed by atoms with Crippen molar-refractivity contribution >= 4 is 34.0 Å². The first kappa shape index (κ1) is 23.0. The number of benzene rings is 3. The quantitative estimate of drug-likeness (QED) is 0.199. The summed E-state index contributed by atoms with van der Waals surface area (Å²) in [7, 11) is 0. The minimum Gasteiger partial charge on any atom is -0.507 e. The average Bonchev–Trinajstić information content (AvgIpc) is 2.80. The summed E-state index contributed by atoms with van der Waals surface area (Å²) in [5.41, 5.74) is 3.27. The zero-order valence-corrected chi connectivity index (χ0v) is 18.8. The molecule has 3 rings (SSSR count). The van der Waals surface area contributed by atoms with Crippen molar-refractivity contribution in [2.24, 2.45) is 5.10 Å². The van der Waals surface area contributed by atoms with Crippen LogP contribution in [-0.2, 0) is 0 Å². The number of aromatic hydroxyl groups is 1. The van der Waals surface area contributed by atoms with Gasteiger partial charge in [-0.25, -0.2) is 10.2 Å². The predicted octanol–water partition coefficient (Wildman–Crippen LogP) is 4.93. The summed E-state index contributed by atoms with van der Waals surface area (Å²) < 4.78 is 11.8. The van der Waals surface area contributed by atoms with E-state index in [0.717, 1.165) is 10.9 Å². The highest BCUT2D eigenvalue weighted by atomic mass is 79.9.